The summed E-state index contributed by atoms with van der Waals surface area (Å²) in [5.74, 6) is 1.13. The zero-order chi connectivity index (χ0) is 12.7. The number of nitrogens with one attached hydrogen (secondary N) is 1. The number of benzene rings is 1. The first-order valence-corrected chi connectivity index (χ1v) is 7.09. The van der Waals surface area contributed by atoms with Crippen molar-refractivity contribution in [2.45, 2.75) is 12.8 Å². The van der Waals surface area contributed by atoms with E-state index in [9.17, 15) is 10.1 Å². The van der Waals surface area contributed by atoms with Crippen molar-refractivity contribution in [3.63, 3.8) is 0 Å². The first-order chi connectivity index (χ1) is 8.15. The van der Waals surface area contributed by atoms with E-state index in [4.69, 9.17) is 11.6 Å². The number of hydrogen-bond acceptors (Lipinski definition) is 4. The first kappa shape index (κ1) is 14.1. The molecule has 0 aliphatic carbocycles. The van der Waals surface area contributed by atoms with Crippen LogP contribution in [-0.2, 0) is 0 Å². The average molecular weight is 275 g/mol. The van der Waals surface area contributed by atoms with Crippen molar-refractivity contribution in [3.05, 3.63) is 33.3 Å². The van der Waals surface area contributed by atoms with Crippen LogP contribution in [0.25, 0.3) is 0 Å². The quantitative estimate of drug-likeness (QED) is 0.467. The van der Waals surface area contributed by atoms with Crippen molar-refractivity contribution < 1.29 is 4.92 Å². The molecule has 1 aromatic carbocycles. The summed E-state index contributed by atoms with van der Waals surface area (Å²) < 4.78 is 0. The van der Waals surface area contributed by atoms with Crippen LogP contribution in [0, 0.1) is 10.1 Å². The van der Waals surface area contributed by atoms with Crippen LogP contribution in [0.1, 0.15) is 12.8 Å². The molecule has 0 aliphatic rings. The zero-order valence-corrected chi connectivity index (χ0v) is 11.2. The second-order valence-corrected chi connectivity index (χ2v) is 4.94. The largest absolute Gasteiger partial charge is 0.384 e. The minimum absolute atomic E-state index is 0.0565. The second kappa shape index (κ2) is 7.40. The van der Waals surface area contributed by atoms with Gasteiger partial charge in [0.05, 0.1) is 15.6 Å². The van der Waals surface area contributed by atoms with Crippen LogP contribution < -0.4 is 5.32 Å². The number of thioether (sulfide) groups is 1. The molecule has 1 aromatic rings. The third-order valence-electron chi connectivity index (χ3n) is 2.25. The Hall–Kier alpha value is -0.940. The minimum atomic E-state index is -0.421. The van der Waals surface area contributed by atoms with Gasteiger partial charge in [-0.1, -0.05) is 11.6 Å². The summed E-state index contributed by atoms with van der Waals surface area (Å²) in [5.41, 5.74) is 0.686. The van der Waals surface area contributed by atoms with Gasteiger partial charge in [-0.25, -0.2) is 0 Å². The predicted molar refractivity (Wildman–Crippen MR) is 74.2 cm³/mol. The molecule has 0 heterocycles. The van der Waals surface area contributed by atoms with Crippen molar-refractivity contribution in [2.24, 2.45) is 0 Å². The number of unbranched alkanes of at least 4 members (excludes halogenated alkanes) is 1. The number of hydrogen-bond donors (Lipinski definition) is 1. The SMILES string of the molecule is CSCCCCNc1cc([N+](=O)[O-])ccc1Cl. The topological polar surface area (TPSA) is 55.2 Å². The van der Waals surface area contributed by atoms with Crippen LogP contribution in [0.4, 0.5) is 11.4 Å². The fraction of sp³-hybridized carbons (Fsp3) is 0.455. The summed E-state index contributed by atoms with van der Waals surface area (Å²) in [4.78, 5) is 10.2. The fourth-order valence-electron chi connectivity index (χ4n) is 1.36. The normalized spacial score (nSPS) is 10.2. The summed E-state index contributed by atoms with van der Waals surface area (Å²) in [6.07, 6.45) is 4.23. The summed E-state index contributed by atoms with van der Waals surface area (Å²) in [6, 6.07) is 4.42. The van der Waals surface area contributed by atoms with E-state index < -0.39 is 4.92 Å². The van der Waals surface area contributed by atoms with E-state index in [0.29, 0.717) is 10.7 Å². The van der Waals surface area contributed by atoms with E-state index in [1.807, 2.05) is 11.8 Å². The van der Waals surface area contributed by atoms with Crippen LogP contribution >= 0.6 is 23.4 Å². The Labute approximate surface area is 110 Å². The fourth-order valence-corrected chi connectivity index (χ4v) is 2.03. The number of halogens is 1. The van der Waals surface area contributed by atoms with E-state index in [1.54, 1.807) is 6.07 Å². The molecular formula is C11H15ClN2O2S. The molecule has 17 heavy (non-hydrogen) atoms. The molecule has 0 bridgehead atoms. The Morgan fingerprint density at radius 3 is 2.88 bits per heavy atom. The molecule has 1 rings (SSSR count). The van der Waals surface area contributed by atoms with Gasteiger partial charge in [0.2, 0.25) is 0 Å². The maximum atomic E-state index is 10.6. The zero-order valence-electron chi connectivity index (χ0n) is 9.61. The molecule has 0 unspecified atom stereocenters. The molecule has 1 N–H and O–H groups in total. The molecule has 0 saturated heterocycles. The molecule has 6 heteroatoms. The van der Waals surface area contributed by atoms with Gasteiger partial charge in [0.25, 0.3) is 5.69 Å². The van der Waals surface area contributed by atoms with Crippen LogP contribution in [0.15, 0.2) is 18.2 Å². The van der Waals surface area contributed by atoms with Crippen LogP contribution in [0.2, 0.25) is 5.02 Å². The summed E-state index contributed by atoms with van der Waals surface area (Å²) in [7, 11) is 0. The Kier molecular flexibility index (Phi) is 6.15. The second-order valence-electron chi connectivity index (χ2n) is 3.55. The van der Waals surface area contributed by atoms with Gasteiger partial charge in [0, 0.05) is 18.7 Å². The van der Waals surface area contributed by atoms with E-state index in [0.717, 1.165) is 25.1 Å². The predicted octanol–water partition coefficient (Wildman–Crippen LogP) is 3.80. The maximum absolute atomic E-state index is 10.6. The molecule has 0 amide bonds. The van der Waals surface area contributed by atoms with Gasteiger partial charge >= 0.3 is 0 Å². The van der Waals surface area contributed by atoms with Crippen LogP contribution in [0.3, 0.4) is 0 Å². The van der Waals surface area contributed by atoms with Gasteiger partial charge in [-0.3, -0.25) is 10.1 Å². The standard InChI is InChI=1S/C11H15ClN2O2S/c1-17-7-3-2-6-13-11-8-9(14(15)16)4-5-10(11)12/h4-5,8,13H,2-3,6-7H2,1H3. The van der Waals surface area contributed by atoms with Crippen LogP contribution in [-0.4, -0.2) is 23.5 Å². The molecule has 0 saturated carbocycles. The van der Waals surface area contributed by atoms with Crippen molar-refractivity contribution >= 4 is 34.7 Å². The van der Waals surface area contributed by atoms with Crippen molar-refractivity contribution in [1.29, 1.82) is 0 Å². The molecule has 0 atom stereocenters. The van der Waals surface area contributed by atoms with Crippen molar-refractivity contribution in [2.75, 3.05) is 23.9 Å². The van der Waals surface area contributed by atoms with Crippen molar-refractivity contribution in [1.82, 2.24) is 0 Å². The summed E-state index contributed by atoms with van der Waals surface area (Å²) in [5, 5.41) is 14.2. The van der Waals surface area contributed by atoms with Gasteiger partial charge < -0.3 is 5.32 Å². The number of nitro benzene ring substituents is 1. The third-order valence-corrected chi connectivity index (χ3v) is 3.28. The molecule has 0 fully saturated rings. The van der Waals surface area contributed by atoms with Crippen molar-refractivity contribution in [3.8, 4) is 0 Å². The number of nitrogens with zero attached hydrogens (tertiary/aromatic N) is 1. The maximum Gasteiger partial charge on any atom is 0.271 e. The molecule has 0 spiro atoms. The Morgan fingerprint density at radius 2 is 2.24 bits per heavy atom. The van der Waals surface area contributed by atoms with Gasteiger partial charge in [0.15, 0.2) is 0 Å². The van der Waals surface area contributed by atoms with E-state index >= 15 is 0 Å². The molecule has 4 nitrogen and oxygen atoms in total. The third kappa shape index (κ3) is 4.83. The number of rotatable bonds is 7. The lowest BCUT2D eigenvalue weighted by Crippen LogP contribution is -2.03. The van der Waals surface area contributed by atoms with E-state index in [-0.39, 0.29) is 5.69 Å². The van der Waals surface area contributed by atoms with Crippen LogP contribution in [0.5, 0.6) is 0 Å². The lowest BCUT2D eigenvalue weighted by Gasteiger charge is -2.07. The molecule has 94 valence electrons. The molecule has 0 aromatic heterocycles. The molecular weight excluding hydrogens is 260 g/mol. The van der Waals surface area contributed by atoms with E-state index in [2.05, 4.69) is 11.6 Å². The lowest BCUT2D eigenvalue weighted by atomic mass is 10.2. The smallest absolute Gasteiger partial charge is 0.271 e. The van der Waals surface area contributed by atoms with Gasteiger partial charge in [-0.2, -0.15) is 11.8 Å². The number of nitro groups is 1. The van der Waals surface area contributed by atoms with Gasteiger partial charge in [-0.05, 0) is 30.9 Å². The summed E-state index contributed by atoms with van der Waals surface area (Å²) in [6.45, 7) is 0.779. The highest BCUT2D eigenvalue weighted by Crippen LogP contribution is 2.26. The first-order valence-electron chi connectivity index (χ1n) is 5.32. The highest BCUT2D eigenvalue weighted by Gasteiger charge is 2.08. The monoisotopic (exact) mass is 274 g/mol. The number of non-ortho nitro benzene ring substituents is 1. The Bertz CT molecular complexity index is 388. The lowest BCUT2D eigenvalue weighted by molar-refractivity contribution is -0.384. The molecule has 0 aliphatic heterocycles. The van der Waals surface area contributed by atoms with E-state index in [1.165, 1.54) is 12.1 Å². The summed E-state index contributed by atoms with van der Waals surface area (Å²) >= 11 is 7.77. The highest BCUT2D eigenvalue weighted by atomic mass is 35.5. The minimum Gasteiger partial charge on any atom is -0.384 e. The Morgan fingerprint density at radius 1 is 1.47 bits per heavy atom. The highest BCUT2D eigenvalue weighted by molar-refractivity contribution is 7.98. The average Bonchev–Trinajstić information content (AvgIpc) is 2.30. The Balaban J connectivity index is 2.51. The molecule has 0 radical (unpaired) electrons. The van der Waals surface area contributed by atoms with Gasteiger partial charge in [-0.15, -0.1) is 0 Å². The van der Waals surface area contributed by atoms with Gasteiger partial charge in [0.1, 0.15) is 0 Å². The number of anilines is 1.